The number of hydrogen-bond donors (Lipinski definition) is 4. The van der Waals surface area contributed by atoms with E-state index in [1.54, 1.807) is 13.0 Å². The minimum absolute atomic E-state index is 0.0884. The molecule has 0 unspecified atom stereocenters. The van der Waals surface area contributed by atoms with Gasteiger partial charge < -0.3 is 20.1 Å². The predicted octanol–water partition coefficient (Wildman–Crippen LogP) is 0.605. The zero-order valence-electron chi connectivity index (χ0n) is 15.9. The number of aliphatic hydroxyl groups is 3. The number of rotatable bonds is 4. The molecule has 29 heavy (non-hydrogen) atoms. The van der Waals surface area contributed by atoms with Gasteiger partial charge in [-0.25, -0.2) is 13.1 Å². The summed E-state index contributed by atoms with van der Waals surface area (Å²) in [7, 11) is -3.84. The molecule has 0 saturated carbocycles. The fourth-order valence-electron chi connectivity index (χ4n) is 2.94. The van der Waals surface area contributed by atoms with Crippen LogP contribution in [0.1, 0.15) is 22.9 Å². The van der Waals surface area contributed by atoms with Crippen LogP contribution >= 0.6 is 11.3 Å². The van der Waals surface area contributed by atoms with E-state index in [0.29, 0.717) is 4.88 Å². The summed E-state index contributed by atoms with van der Waals surface area (Å²) in [6.45, 7) is 3.26. The summed E-state index contributed by atoms with van der Waals surface area (Å²) in [5.41, 5.74) is 1.92. The highest BCUT2D eigenvalue weighted by molar-refractivity contribution is 7.91. The van der Waals surface area contributed by atoms with Gasteiger partial charge >= 0.3 is 0 Å². The van der Waals surface area contributed by atoms with Crippen LogP contribution in [0.15, 0.2) is 40.6 Å². The van der Waals surface area contributed by atoms with Gasteiger partial charge in [0, 0.05) is 12.1 Å². The summed E-state index contributed by atoms with van der Waals surface area (Å²) < 4.78 is 33.0. The van der Waals surface area contributed by atoms with Gasteiger partial charge in [-0.2, -0.15) is 0 Å². The van der Waals surface area contributed by atoms with E-state index < -0.39 is 40.5 Å². The zero-order chi connectivity index (χ0) is 21.2. The fourth-order valence-corrected chi connectivity index (χ4v) is 5.19. The molecule has 7 nitrogen and oxygen atoms in total. The monoisotopic (exact) mass is 437 g/mol. The minimum Gasteiger partial charge on any atom is -0.388 e. The van der Waals surface area contributed by atoms with E-state index in [0.717, 1.165) is 22.5 Å². The van der Waals surface area contributed by atoms with E-state index >= 15 is 0 Å². The smallest absolute Gasteiger partial charge is 0.250 e. The third kappa shape index (κ3) is 5.05. The summed E-state index contributed by atoms with van der Waals surface area (Å²) in [4.78, 5) is 0.606. The Balaban J connectivity index is 1.68. The quantitative estimate of drug-likeness (QED) is 0.521. The lowest BCUT2D eigenvalue weighted by Gasteiger charge is -2.39. The van der Waals surface area contributed by atoms with Crippen molar-refractivity contribution >= 4 is 21.4 Å². The molecule has 0 bridgehead atoms. The summed E-state index contributed by atoms with van der Waals surface area (Å²) in [5, 5.41) is 29.6. The molecule has 1 aliphatic rings. The van der Waals surface area contributed by atoms with Crippen LogP contribution in [0.3, 0.4) is 0 Å². The molecule has 4 N–H and O–H groups in total. The Bertz CT molecular complexity index is 1020. The van der Waals surface area contributed by atoms with Gasteiger partial charge in [-0.05, 0) is 37.6 Å². The van der Waals surface area contributed by atoms with E-state index in [2.05, 4.69) is 16.6 Å². The molecule has 1 fully saturated rings. The first-order chi connectivity index (χ1) is 13.7. The normalized spacial score (nSPS) is 27.3. The van der Waals surface area contributed by atoms with Crippen molar-refractivity contribution in [2.45, 2.75) is 48.6 Å². The van der Waals surface area contributed by atoms with Gasteiger partial charge in [-0.1, -0.05) is 30.0 Å². The lowest BCUT2D eigenvalue weighted by Crippen LogP contribution is -2.59. The molecule has 0 amide bonds. The Morgan fingerprint density at radius 1 is 1.07 bits per heavy atom. The first-order valence-corrected chi connectivity index (χ1v) is 11.4. The van der Waals surface area contributed by atoms with E-state index in [4.69, 9.17) is 4.74 Å². The first-order valence-electron chi connectivity index (χ1n) is 9.06. The number of ether oxygens (including phenoxy) is 1. The highest BCUT2D eigenvalue weighted by Gasteiger charge is 2.41. The maximum Gasteiger partial charge on any atom is 0.250 e. The molecule has 2 heterocycles. The van der Waals surface area contributed by atoms with Gasteiger partial charge in [0.25, 0.3) is 0 Å². The highest BCUT2D eigenvalue weighted by atomic mass is 32.2. The molecule has 1 aromatic carbocycles. The number of aryl methyl sites for hydroxylation is 1. The maximum absolute atomic E-state index is 12.6. The fraction of sp³-hybridized carbons (Fsp3) is 0.400. The third-order valence-electron chi connectivity index (χ3n) is 4.74. The maximum atomic E-state index is 12.6. The second-order valence-corrected chi connectivity index (χ2v) is 9.96. The van der Waals surface area contributed by atoms with Gasteiger partial charge in [0.05, 0.1) is 11.0 Å². The van der Waals surface area contributed by atoms with E-state index in [-0.39, 0.29) is 10.8 Å². The number of sulfonamides is 1. The lowest BCUT2D eigenvalue weighted by atomic mass is 9.96. The Labute approximate surface area is 174 Å². The van der Waals surface area contributed by atoms with Crippen LogP contribution in [0, 0.1) is 18.8 Å². The van der Waals surface area contributed by atoms with E-state index in [1.807, 2.05) is 31.2 Å². The molecule has 9 heteroatoms. The molecule has 5 atom stereocenters. The summed E-state index contributed by atoms with van der Waals surface area (Å²) in [5.74, 6) is 6.01. The number of thiophene rings is 1. The predicted molar refractivity (Wildman–Crippen MR) is 109 cm³/mol. The molecular formula is C20H23NO6S2. The van der Waals surface area contributed by atoms with E-state index in [9.17, 15) is 23.7 Å². The summed E-state index contributed by atoms with van der Waals surface area (Å²) in [6.07, 6.45) is -5.74. The van der Waals surface area contributed by atoms with Crippen molar-refractivity contribution in [1.29, 1.82) is 0 Å². The highest BCUT2D eigenvalue weighted by Crippen LogP contribution is 2.23. The summed E-state index contributed by atoms with van der Waals surface area (Å²) >= 11 is 1.04. The van der Waals surface area contributed by atoms with Crippen LogP contribution in [-0.2, 0) is 14.8 Å². The van der Waals surface area contributed by atoms with Crippen molar-refractivity contribution in [3.05, 3.63) is 52.4 Å². The number of benzene rings is 1. The second kappa shape index (κ2) is 8.93. The molecular weight excluding hydrogens is 414 g/mol. The molecule has 156 valence electrons. The van der Waals surface area contributed by atoms with Crippen molar-refractivity contribution in [1.82, 2.24) is 4.72 Å². The van der Waals surface area contributed by atoms with Gasteiger partial charge in [-0.15, -0.1) is 11.3 Å². The number of hydrogen-bond acceptors (Lipinski definition) is 7. The van der Waals surface area contributed by atoms with Gasteiger partial charge in [0.1, 0.15) is 28.6 Å². The van der Waals surface area contributed by atoms with Crippen LogP contribution in [-0.4, -0.2) is 60.8 Å². The molecule has 3 rings (SSSR count). The van der Waals surface area contributed by atoms with Gasteiger partial charge in [-0.3, -0.25) is 0 Å². The topological polar surface area (TPSA) is 116 Å². The number of nitrogens with one attached hydrogen (secondary N) is 1. The second-order valence-electron chi connectivity index (χ2n) is 6.89. The van der Waals surface area contributed by atoms with Crippen LogP contribution < -0.4 is 4.72 Å². The molecule has 0 radical (unpaired) electrons. The van der Waals surface area contributed by atoms with E-state index in [1.165, 1.54) is 6.07 Å². The largest absolute Gasteiger partial charge is 0.388 e. The van der Waals surface area contributed by atoms with Crippen molar-refractivity contribution < 1.29 is 28.5 Å². The zero-order valence-corrected chi connectivity index (χ0v) is 17.6. The molecule has 1 aliphatic heterocycles. The summed E-state index contributed by atoms with van der Waals surface area (Å²) in [6, 6.07) is 10.8. The SMILES string of the molecule is Cc1ccccc1C#Cc1ccc(S(=O)(=O)NC[C@H]2O[C@@H](C)[C@@H](O)[C@@H](O)[C@@H]2O)s1. The lowest BCUT2D eigenvalue weighted by molar-refractivity contribution is -0.214. The standard InChI is InChI=1S/C20H23NO6S2/c1-12-5-3-4-6-14(12)7-8-15-9-10-17(28-15)29(25,26)21-11-16-19(23)20(24)18(22)13(2)27-16/h3-6,9-10,13,16,18-24H,11H2,1-2H3/t13-,16+,18+,19+,20+/m0/s1. The Morgan fingerprint density at radius 3 is 2.52 bits per heavy atom. The Kier molecular flexibility index (Phi) is 6.76. The van der Waals surface area contributed by atoms with Gasteiger partial charge in [0.2, 0.25) is 10.0 Å². The molecule has 2 aromatic rings. The first kappa shape index (κ1) is 21.9. The van der Waals surface area contributed by atoms with Crippen molar-refractivity contribution in [2.75, 3.05) is 6.54 Å². The average Bonchev–Trinajstić information content (AvgIpc) is 3.17. The third-order valence-corrected chi connectivity index (χ3v) is 7.65. The van der Waals surface area contributed by atoms with Crippen molar-refractivity contribution in [3.63, 3.8) is 0 Å². The molecule has 1 saturated heterocycles. The van der Waals surface area contributed by atoms with Crippen LogP contribution in [0.5, 0.6) is 0 Å². The van der Waals surface area contributed by atoms with Gasteiger partial charge in [0.15, 0.2) is 0 Å². The van der Waals surface area contributed by atoms with Crippen LogP contribution in [0.25, 0.3) is 0 Å². The minimum atomic E-state index is -3.84. The number of aliphatic hydroxyl groups excluding tert-OH is 3. The van der Waals surface area contributed by atoms with Crippen LogP contribution in [0.2, 0.25) is 0 Å². The molecule has 0 spiro atoms. The van der Waals surface area contributed by atoms with Crippen molar-refractivity contribution in [2.24, 2.45) is 0 Å². The average molecular weight is 438 g/mol. The van der Waals surface area contributed by atoms with Crippen LogP contribution in [0.4, 0.5) is 0 Å². The Hall–Kier alpha value is -1.77. The molecule has 0 aliphatic carbocycles. The molecule has 1 aromatic heterocycles. The van der Waals surface area contributed by atoms with Crippen molar-refractivity contribution in [3.8, 4) is 11.8 Å². The Morgan fingerprint density at radius 2 is 1.79 bits per heavy atom.